The molecule has 1 aliphatic rings. The fourth-order valence-corrected chi connectivity index (χ4v) is 3.55. The molecule has 0 spiro atoms. The average Bonchev–Trinajstić information content (AvgIpc) is 3.18. The number of nitrogens with zero attached hydrogens (tertiary/aromatic N) is 1. The van der Waals surface area contributed by atoms with Gasteiger partial charge < -0.3 is 10.1 Å². The number of methoxy groups -OCH3 is 1. The second kappa shape index (κ2) is 7.63. The topological polar surface area (TPSA) is 58.6 Å². The van der Waals surface area contributed by atoms with Crippen LogP contribution in [-0.4, -0.2) is 37.0 Å². The number of benzene rings is 1. The molecule has 6 heteroatoms. The van der Waals surface area contributed by atoms with Crippen LogP contribution in [0.15, 0.2) is 47.5 Å². The van der Waals surface area contributed by atoms with E-state index in [1.807, 2.05) is 48.7 Å². The number of imide groups is 1. The van der Waals surface area contributed by atoms with Gasteiger partial charge in [-0.25, -0.2) is 0 Å². The van der Waals surface area contributed by atoms with Crippen molar-refractivity contribution in [2.75, 3.05) is 25.6 Å². The third kappa shape index (κ3) is 3.65. The van der Waals surface area contributed by atoms with Crippen LogP contribution in [0, 0.1) is 6.92 Å². The van der Waals surface area contributed by atoms with Gasteiger partial charge in [-0.3, -0.25) is 14.5 Å². The van der Waals surface area contributed by atoms with E-state index in [1.54, 1.807) is 7.11 Å². The number of thiophene rings is 1. The highest BCUT2D eigenvalue weighted by atomic mass is 32.1. The van der Waals surface area contributed by atoms with Gasteiger partial charge in [0.15, 0.2) is 0 Å². The lowest BCUT2D eigenvalue weighted by Crippen LogP contribution is -2.33. The number of ether oxygens (including phenoxy) is 1. The summed E-state index contributed by atoms with van der Waals surface area (Å²) >= 11 is 1.45. The molecule has 5 nitrogen and oxygen atoms in total. The molecule has 0 saturated heterocycles. The van der Waals surface area contributed by atoms with Gasteiger partial charge in [-0.05, 0) is 42.5 Å². The van der Waals surface area contributed by atoms with E-state index < -0.39 is 0 Å². The van der Waals surface area contributed by atoms with Gasteiger partial charge in [0.2, 0.25) is 0 Å². The number of rotatable bonds is 7. The Hall–Kier alpha value is -2.44. The number of amides is 2. The summed E-state index contributed by atoms with van der Waals surface area (Å²) in [7, 11) is 1.60. The molecule has 3 rings (SSSR count). The Morgan fingerprint density at radius 2 is 2.00 bits per heavy atom. The first-order valence-corrected chi connectivity index (χ1v) is 8.96. The molecule has 1 aromatic carbocycles. The van der Waals surface area contributed by atoms with Gasteiger partial charge in [0, 0.05) is 30.8 Å². The zero-order valence-electron chi connectivity index (χ0n) is 14.2. The van der Waals surface area contributed by atoms with Crippen LogP contribution < -0.4 is 5.32 Å². The third-order valence-corrected chi connectivity index (χ3v) is 4.84. The molecule has 0 atom stereocenters. The molecule has 2 aromatic rings. The number of nitrogens with one attached hydrogen (secondary N) is 1. The molecule has 1 N–H and O–H groups in total. The van der Waals surface area contributed by atoms with Gasteiger partial charge in [-0.2, -0.15) is 0 Å². The fraction of sp³-hybridized carbons (Fsp3) is 0.263. The van der Waals surface area contributed by atoms with Crippen molar-refractivity contribution in [3.8, 4) is 0 Å². The van der Waals surface area contributed by atoms with E-state index in [0.717, 1.165) is 16.1 Å². The van der Waals surface area contributed by atoms with Crippen molar-refractivity contribution >= 4 is 34.4 Å². The smallest absolute Gasteiger partial charge is 0.278 e. The van der Waals surface area contributed by atoms with Crippen molar-refractivity contribution in [3.05, 3.63) is 57.9 Å². The zero-order valence-corrected chi connectivity index (χ0v) is 15.1. The van der Waals surface area contributed by atoms with Crippen LogP contribution in [-0.2, 0) is 14.3 Å². The molecular formula is C19H20N2O3S. The van der Waals surface area contributed by atoms with Crippen molar-refractivity contribution in [3.63, 3.8) is 0 Å². The number of hydrogen-bond acceptors (Lipinski definition) is 5. The maximum atomic E-state index is 12.9. The van der Waals surface area contributed by atoms with Crippen molar-refractivity contribution in [1.82, 2.24) is 4.90 Å². The van der Waals surface area contributed by atoms with E-state index in [-0.39, 0.29) is 11.8 Å². The lowest BCUT2D eigenvalue weighted by molar-refractivity contribution is -0.136. The van der Waals surface area contributed by atoms with Crippen LogP contribution in [0.4, 0.5) is 5.69 Å². The van der Waals surface area contributed by atoms with E-state index >= 15 is 0 Å². The fourth-order valence-electron chi connectivity index (χ4n) is 2.78. The number of aryl methyl sites for hydroxylation is 1. The summed E-state index contributed by atoms with van der Waals surface area (Å²) in [5, 5.41) is 5.06. The standard InChI is InChI=1S/C19H20N2O3S/c1-13-6-3-7-14(12-13)20-17-16(15-8-4-11-25-15)18(22)21(19(17)23)9-5-10-24-2/h3-4,6-8,11-12,20H,5,9-10H2,1-2H3. The summed E-state index contributed by atoms with van der Waals surface area (Å²) in [4.78, 5) is 27.8. The van der Waals surface area contributed by atoms with Gasteiger partial charge in [0.05, 0.1) is 5.57 Å². The minimum Gasteiger partial charge on any atom is -0.385 e. The van der Waals surface area contributed by atoms with Crippen molar-refractivity contribution < 1.29 is 14.3 Å². The first-order chi connectivity index (χ1) is 12.1. The number of anilines is 1. The first kappa shape index (κ1) is 17.4. The SMILES string of the molecule is COCCCN1C(=O)C(Nc2cccc(C)c2)=C(c2cccs2)C1=O. The second-order valence-corrected chi connectivity index (χ2v) is 6.78. The van der Waals surface area contributed by atoms with E-state index in [9.17, 15) is 9.59 Å². The van der Waals surface area contributed by atoms with Crippen LogP contribution in [0.5, 0.6) is 0 Å². The predicted molar refractivity (Wildman–Crippen MR) is 99.3 cm³/mol. The van der Waals surface area contributed by atoms with Crippen molar-refractivity contribution in [2.24, 2.45) is 0 Å². The number of carbonyl (C=O) groups excluding carboxylic acids is 2. The molecule has 130 valence electrons. The summed E-state index contributed by atoms with van der Waals surface area (Å²) < 4.78 is 5.03. The maximum absolute atomic E-state index is 12.9. The zero-order chi connectivity index (χ0) is 17.8. The highest BCUT2D eigenvalue weighted by Gasteiger charge is 2.39. The predicted octanol–water partition coefficient (Wildman–Crippen LogP) is 3.29. The Balaban J connectivity index is 1.94. The van der Waals surface area contributed by atoms with Gasteiger partial charge in [-0.1, -0.05) is 18.2 Å². The van der Waals surface area contributed by atoms with Crippen molar-refractivity contribution in [2.45, 2.75) is 13.3 Å². The lowest BCUT2D eigenvalue weighted by Gasteiger charge is -2.14. The molecule has 0 bridgehead atoms. The number of hydrogen-bond donors (Lipinski definition) is 1. The molecule has 0 fully saturated rings. The molecule has 0 aliphatic carbocycles. The van der Waals surface area contributed by atoms with Gasteiger partial charge in [-0.15, -0.1) is 11.3 Å². The lowest BCUT2D eigenvalue weighted by atomic mass is 10.1. The Labute approximate surface area is 150 Å². The van der Waals surface area contributed by atoms with Crippen LogP contribution >= 0.6 is 11.3 Å². The third-order valence-electron chi connectivity index (χ3n) is 3.95. The molecule has 25 heavy (non-hydrogen) atoms. The summed E-state index contributed by atoms with van der Waals surface area (Å²) in [6.45, 7) is 2.84. The van der Waals surface area contributed by atoms with E-state index in [4.69, 9.17) is 4.74 Å². The molecular weight excluding hydrogens is 336 g/mol. The van der Waals surface area contributed by atoms with Gasteiger partial charge in [0.25, 0.3) is 11.8 Å². The van der Waals surface area contributed by atoms with E-state index in [1.165, 1.54) is 16.2 Å². The van der Waals surface area contributed by atoms with Crippen LogP contribution in [0.3, 0.4) is 0 Å². The Morgan fingerprint density at radius 3 is 2.68 bits per heavy atom. The molecule has 0 saturated carbocycles. The van der Waals surface area contributed by atoms with Gasteiger partial charge >= 0.3 is 0 Å². The molecule has 0 unspecified atom stereocenters. The molecule has 2 heterocycles. The van der Waals surface area contributed by atoms with E-state index in [2.05, 4.69) is 5.32 Å². The minimum atomic E-state index is -0.286. The van der Waals surface area contributed by atoms with Crippen LogP contribution in [0.2, 0.25) is 0 Å². The highest BCUT2D eigenvalue weighted by molar-refractivity contribution is 7.11. The normalized spacial score (nSPS) is 14.6. The van der Waals surface area contributed by atoms with Crippen LogP contribution in [0.25, 0.3) is 5.57 Å². The Kier molecular flexibility index (Phi) is 5.31. The summed E-state index contributed by atoms with van der Waals surface area (Å²) in [5.41, 5.74) is 2.66. The minimum absolute atomic E-state index is 0.251. The van der Waals surface area contributed by atoms with E-state index in [0.29, 0.717) is 30.8 Å². The summed E-state index contributed by atoms with van der Waals surface area (Å²) in [6, 6.07) is 11.5. The highest BCUT2D eigenvalue weighted by Crippen LogP contribution is 2.32. The monoisotopic (exact) mass is 356 g/mol. The molecule has 1 aliphatic heterocycles. The summed E-state index contributed by atoms with van der Waals surface area (Å²) in [5.74, 6) is -0.537. The second-order valence-electron chi connectivity index (χ2n) is 5.83. The largest absolute Gasteiger partial charge is 0.385 e. The summed E-state index contributed by atoms with van der Waals surface area (Å²) in [6.07, 6.45) is 0.615. The van der Waals surface area contributed by atoms with Gasteiger partial charge in [0.1, 0.15) is 5.70 Å². The van der Waals surface area contributed by atoms with Crippen LogP contribution in [0.1, 0.15) is 16.9 Å². The molecule has 2 amide bonds. The molecule has 1 aromatic heterocycles. The quantitative estimate of drug-likeness (QED) is 0.611. The average molecular weight is 356 g/mol. The number of carbonyl (C=O) groups is 2. The Bertz CT molecular complexity index is 812. The Morgan fingerprint density at radius 1 is 1.16 bits per heavy atom. The maximum Gasteiger partial charge on any atom is 0.278 e. The first-order valence-electron chi connectivity index (χ1n) is 8.09. The van der Waals surface area contributed by atoms with Crippen molar-refractivity contribution in [1.29, 1.82) is 0 Å². The molecule has 0 radical (unpaired) electrons.